The van der Waals surface area contributed by atoms with Crippen LogP contribution in [0.25, 0.3) is 0 Å². The van der Waals surface area contributed by atoms with E-state index in [0.29, 0.717) is 6.04 Å². The summed E-state index contributed by atoms with van der Waals surface area (Å²) in [5, 5.41) is 12.7. The second-order valence-electron chi connectivity index (χ2n) is 5.02. The predicted octanol–water partition coefficient (Wildman–Crippen LogP) is 3.80. The van der Waals surface area contributed by atoms with Crippen molar-refractivity contribution in [1.29, 1.82) is 5.26 Å². The fourth-order valence-electron chi connectivity index (χ4n) is 2.57. The zero-order chi connectivity index (χ0) is 12.3. The van der Waals surface area contributed by atoms with Crippen LogP contribution in [0.2, 0.25) is 0 Å². The van der Waals surface area contributed by atoms with Crippen LogP contribution in [0.3, 0.4) is 0 Å². The minimum Gasteiger partial charge on any atom is -0.381 e. The fourth-order valence-corrected chi connectivity index (χ4v) is 2.57. The van der Waals surface area contributed by atoms with E-state index in [1.807, 2.05) is 0 Å². The van der Waals surface area contributed by atoms with Crippen molar-refractivity contribution in [3.05, 3.63) is 29.3 Å². The lowest BCUT2D eigenvalue weighted by atomic mass is 9.85. The van der Waals surface area contributed by atoms with Gasteiger partial charge >= 0.3 is 0 Å². The second kappa shape index (κ2) is 5.23. The summed E-state index contributed by atoms with van der Waals surface area (Å²) in [4.78, 5) is 0. The van der Waals surface area contributed by atoms with E-state index in [0.717, 1.165) is 12.8 Å². The van der Waals surface area contributed by atoms with Crippen molar-refractivity contribution in [2.75, 3.05) is 5.32 Å². The number of anilines is 1. The first-order valence-electron chi connectivity index (χ1n) is 6.44. The Morgan fingerprint density at radius 2 is 2.00 bits per heavy atom. The van der Waals surface area contributed by atoms with Gasteiger partial charge in [0.15, 0.2) is 0 Å². The Labute approximate surface area is 104 Å². The maximum atomic E-state index is 9.17. The molecular formula is C15H20N2. The zero-order valence-corrected chi connectivity index (χ0v) is 10.7. The number of nitriles is 1. The molecule has 1 aromatic carbocycles. The largest absolute Gasteiger partial charge is 0.381 e. The maximum Gasteiger partial charge on any atom is 0.0677 e. The molecule has 0 saturated heterocycles. The first-order chi connectivity index (χ1) is 8.22. The Hall–Kier alpha value is -1.49. The summed E-state index contributed by atoms with van der Waals surface area (Å²) < 4.78 is 0. The number of aryl methyl sites for hydroxylation is 1. The third-order valence-electron chi connectivity index (χ3n) is 3.88. The van der Waals surface area contributed by atoms with E-state index in [-0.39, 0.29) is 5.92 Å². The molecule has 0 spiro atoms. The standard InChI is InChI=1S/C15H20N2/c1-11-6-5-9-14(12(11)2)17-15-8-4-3-7-13(15)10-16/h5-6,9,13,15,17H,3-4,7-8H2,1-2H3. The van der Waals surface area contributed by atoms with Crippen LogP contribution in [-0.2, 0) is 0 Å². The molecule has 0 radical (unpaired) electrons. The molecule has 0 heterocycles. The molecule has 2 nitrogen and oxygen atoms in total. The van der Waals surface area contributed by atoms with Gasteiger partial charge in [-0.1, -0.05) is 25.0 Å². The van der Waals surface area contributed by atoms with Gasteiger partial charge in [0.05, 0.1) is 12.0 Å². The lowest BCUT2D eigenvalue weighted by Crippen LogP contribution is -2.31. The molecule has 0 amide bonds. The molecule has 1 aliphatic carbocycles. The second-order valence-corrected chi connectivity index (χ2v) is 5.02. The van der Waals surface area contributed by atoms with Crippen molar-refractivity contribution < 1.29 is 0 Å². The summed E-state index contributed by atoms with van der Waals surface area (Å²) in [6.07, 6.45) is 4.59. The minimum absolute atomic E-state index is 0.170. The van der Waals surface area contributed by atoms with Crippen molar-refractivity contribution in [1.82, 2.24) is 0 Å². The molecule has 90 valence electrons. The summed E-state index contributed by atoms with van der Waals surface area (Å²) in [5.41, 5.74) is 3.80. The third-order valence-corrected chi connectivity index (χ3v) is 3.88. The van der Waals surface area contributed by atoms with Crippen molar-refractivity contribution in [2.24, 2.45) is 5.92 Å². The Morgan fingerprint density at radius 1 is 1.24 bits per heavy atom. The van der Waals surface area contributed by atoms with Gasteiger partial charge in [-0.05, 0) is 43.9 Å². The van der Waals surface area contributed by atoms with Gasteiger partial charge in [-0.15, -0.1) is 0 Å². The summed E-state index contributed by atoms with van der Waals surface area (Å²) in [6.45, 7) is 4.27. The highest BCUT2D eigenvalue weighted by Gasteiger charge is 2.24. The smallest absolute Gasteiger partial charge is 0.0677 e. The molecule has 1 aliphatic rings. The molecule has 0 aliphatic heterocycles. The first-order valence-corrected chi connectivity index (χ1v) is 6.44. The van der Waals surface area contributed by atoms with Gasteiger partial charge in [0.1, 0.15) is 0 Å². The molecule has 0 aromatic heterocycles. The van der Waals surface area contributed by atoms with Crippen molar-refractivity contribution >= 4 is 5.69 Å². The van der Waals surface area contributed by atoms with E-state index >= 15 is 0 Å². The van der Waals surface area contributed by atoms with E-state index in [1.54, 1.807) is 0 Å². The summed E-state index contributed by atoms with van der Waals surface area (Å²) >= 11 is 0. The molecule has 2 rings (SSSR count). The quantitative estimate of drug-likeness (QED) is 0.835. The van der Waals surface area contributed by atoms with Crippen LogP contribution >= 0.6 is 0 Å². The molecule has 2 unspecified atom stereocenters. The monoisotopic (exact) mass is 228 g/mol. The number of nitrogens with one attached hydrogen (secondary N) is 1. The average molecular weight is 228 g/mol. The lowest BCUT2D eigenvalue weighted by Gasteiger charge is -2.29. The Kier molecular flexibility index (Phi) is 3.68. The Balaban J connectivity index is 2.14. The number of hydrogen-bond donors (Lipinski definition) is 1. The molecule has 0 bridgehead atoms. The summed E-state index contributed by atoms with van der Waals surface area (Å²) in [6, 6.07) is 9.10. The van der Waals surface area contributed by atoms with Crippen LogP contribution in [0.4, 0.5) is 5.69 Å². The highest BCUT2D eigenvalue weighted by atomic mass is 14.9. The molecular weight excluding hydrogens is 208 g/mol. The van der Waals surface area contributed by atoms with Crippen LogP contribution < -0.4 is 5.32 Å². The van der Waals surface area contributed by atoms with Crippen LogP contribution in [0, 0.1) is 31.1 Å². The van der Waals surface area contributed by atoms with Crippen molar-refractivity contribution in [3.63, 3.8) is 0 Å². The Bertz CT molecular complexity index is 431. The number of hydrogen-bond acceptors (Lipinski definition) is 2. The normalized spacial score (nSPS) is 24.1. The lowest BCUT2D eigenvalue weighted by molar-refractivity contribution is 0.388. The van der Waals surface area contributed by atoms with Gasteiger partial charge in [-0.2, -0.15) is 5.26 Å². The van der Waals surface area contributed by atoms with E-state index in [9.17, 15) is 5.26 Å². The molecule has 1 fully saturated rings. The summed E-state index contributed by atoms with van der Waals surface area (Å²) in [5.74, 6) is 0.170. The topological polar surface area (TPSA) is 35.8 Å². The highest BCUT2D eigenvalue weighted by molar-refractivity contribution is 5.54. The molecule has 17 heavy (non-hydrogen) atoms. The van der Waals surface area contributed by atoms with Crippen LogP contribution in [0.15, 0.2) is 18.2 Å². The number of rotatable bonds is 2. The fraction of sp³-hybridized carbons (Fsp3) is 0.533. The van der Waals surface area contributed by atoms with Gasteiger partial charge < -0.3 is 5.32 Å². The number of benzene rings is 1. The molecule has 1 aromatic rings. The predicted molar refractivity (Wildman–Crippen MR) is 70.9 cm³/mol. The van der Waals surface area contributed by atoms with E-state index in [1.165, 1.54) is 29.7 Å². The number of nitrogens with zero attached hydrogens (tertiary/aromatic N) is 1. The van der Waals surface area contributed by atoms with Gasteiger partial charge in [0.2, 0.25) is 0 Å². The third kappa shape index (κ3) is 2.61. The van der Waals surface area contributed by atoms with Crippen LogP contribution in [-0.4, -0.2) is 6.04 Å². The minimum atomic E-state index is 0.170. The molecule has 2 heteroatoms. The molecule has 1 saturated carbocycles. The van der Waals surface area contributed by atoms with Crippen molar-refractivity contribution in [3.8, 4) is 6.07 Å². The van der Waals surface area contributed by atoms with Gasteiger partial charge in [0, 0.05) is 11.7 Å². The van der Waals surface area contributed by atoms with E-state index in [4.69, 9.17) is 0 Å². The Morgan fingerprint density at radius 3 is 2.76 bits per heavy atom. The maximum absolute atomic E-state index is 9.17. The molecule has 2 atom stereocenters. The van der Waals surface area contributed by atoms with Crippen LogP contribution in [0.5, 0.6) is 0 Å². The van der Waals surface area contributed by atoms with Gasteiger partial charge in [-0.25, -0.2) is 0 Å². The zero-order valence-electron chi connectivity index (χ0n) is 10.7. The highest BCUT2D eigenvalue weighted by Crippen LogP contribution is 2.28. The summed E-state index contributed by atoms with van der Waals surface area (Å²) in [7, 11) is 0. The first kappa shape index (κ1) is 12.0. The van der Waals surface area contributed by atoms with Crippen LogP contribution in [0.1, 0.15) is 36.8 Å². The van der Waals surface area contributed by atoms with Gasteiger partial charge in [0.25, 0.3) is 0 Å². The van der Waals surface area contributed by atoms with E-state index in [2.05, 4.69) is 43.4 Å². The SMILES string of the molecule is Cc1cccc(NC2CCCCC2C#N)c1C. The molecule has 1 N–H and O–H groups in total. The van der Waals surface area contributed by atoms with E-state index < -0.39 is 0 Å². The average Bonchev–Trinajstić information content (AvgIpc) is 2.35. The van der Waals surface area contributed by atoms with Gasteiger partial charge in [-0.3, -0.25) is 0 Å². The van der Waals surface area contributed by atoms with Crippen molar-refractivity contribution in [2.45, 2.75) is 45.6 Å².